The summed E-state index contributed by atoms with van der Waals surface area (Å²) >= 11 is 1.95. The number of nitrogens with zero attached hydrogens (tertiary/aromatic N) is 1. The molecular formula is C15H26N2O2S. The average molecular weight is 298 g/mol. The molecular weight excluding hydrogens is 272 g/mol. The van der Waals surface area contributed by atoms with Crippen LogP contribution in [0.4, 0.5) is 0 Å². The fourth-order valence-electron chi connectivity index (χ4n) is 3.13. The fraction of sp³-hybridized carbons (Fsp3) is 0.867. The van der Waals surface area contributed by atoms with Crippen molar-refractivity contribution in [2.24, 2.45) is 0 Å². The average Bonchev–Trinajstić information content (AvgIpc) is 2.44. The van der Waals surface area contributed by atoms with Crippen molar-refractivity contribution >= 4 is 23.6 Å². The zero-order chi connectivity index (χ0) is 14.4. The summed E-state index contributed by atoms with van der Waals surface area (Å²) < 4.78 is 0. The predicted molar refractivity (Wildman–Crippen MR) is 82.7 cm³/mol. The summed E-state index contributed by atoms with van der Waals surface area (Å²) in [5.41, 5.74) is 0. The number of carbonyl (C=O) groups is 2. The number of piperidine rings is 1. The second kappa shape index (κ2) is 7.91. The number of nitrogens with one attached hydrogen (secondary N) is 1. The molecule has 4 nitrogen and oxygen atoms in total. The van der Waals surface area contributed by atoms with Crippen LogP contribution in [0.5, 0.6) is 0 Å². The van der Waals surface area contributed by atoms with Crippen molar-refractivity contribution in [3.05, 3.63) is 0 Å². The van der Waals surface area contributed by atoms with Gasteiger partial charge in [0.2, 0.25) is 11.8 Å². The van der Waals surface area contributed by atoms with Crippen LogP contribution >= 0.6 is 11.8 Å². The normalized spacial score (nSPS) is 27.4. The molecule has 0 spiro atoms. The van der Waals surface area contributed by atoms with Gasteiger partial charge in [0.15, 0.2) is 0 Å². The second-order valence-electron chi connectivity index (χ2n) is 5.72. The lowest BCUT2D eigenvalue weighted by molar-refractivity contribution is -0.138. The number of hydrogen-bond donors (Lipinski definition) is 1. The monoisotopic (exact) mass is 298 g/mol. The first-order valence-electron chi connectivity index (χ1n) is 7.89. The number of carbonyl (C=O) groups excluding carboxylic acids is 2. The van der Waals surface area contributed by atoms with E-state index in [0.29, 0.717) is 17.7 Å². The Kier molecular flexibility index (Phi) is 6.20. The summed E-state index contributed by atoms with van der Waals surface area (Å²) in [5, 5.41) is 3.72. The molecule has 20 heavy (non-hydrogen) atoms. The third-order valence-corrected chi connectivity index (χ3v) is 5.51. The van der Waals surface area contributed by atoms with Crippen LogP contribution < -0.4 is 5.32 Å². The first-order chi connectivity index (χ1) is 9.70. The highest BCUT2D eigenvalue weighted by atomic mass is 32.2. The van der Waals surface area contributed by atoms with Gasteiger partial charge in [-0.05, 0) is 31.4 Å². The van der Waals surface area contributed by atoms with Crippen molar-refractivity contribution in [1.29, 1.82) is 0 Å². The SMILES string of the molecule is CCS[C@@H]1CCCC[C@H]1NC(=O)CN1CCCCC1=O. The zero-order valence-electron chi connectivity index (χ0n) is 12.4. The van der Waals surface area contributed by atoms with Crippen molar-refractivity contribution in [2.45, 2.75) is 63.2 Å². The molecule has 0 bridgehead atoms. The van der Waals surface area contributed by atoms with Crippen LogP contribution in [0.25, 0.3) is 0 Å². The fourth-order valence-corrected chi connectivity index (χ4v) is 4.33. The molecule has 2 amide bonds. The predicted octanol–water partition coefficient (Wildman–Crippen LogP) is 2.18. The van der Waals surface area contributed by atoms with E-state index in [1.807, 2.05) is 11.8 Å². The van der Waals surface area contributed by atoms with Gasteiger partial charge in [-0.15, -0.1) is 0 Å². The maximum Gasteiger partial charge on any atom is 0.239 e. The van der Waals surface area contributed by atoms with Gasteiger partial charge in [0.1, 0.15) is 0 Å². The molecule has 0 unspecified atom stereocenters. The van der Waals surface area contributed by atoms with Gasteiger partial charge in [0.05, 0.1) is 6.54 Å². The van der Waals surface area contributed by atoms with Crippen molar-refractivity contribution < 1.29 is 9.59 Å². The Morgan fingerprint density at radius 2 is 2.10 bits per heavy atom. The first-order valence-corrected chi connectivity index (χ1v) is 8.94. The Morgan fingerprint density at radius 3 is 2.85 bits per heavy atom. The molecule has 2 fully saturated rings. The molecule has 1 aliphatic heterocycles. The van der Waals surface area contributed by atoms with E-state index in [1.165, 1.54) is 19.3 Å². The minimum absolute atomic E-state index is 0.0221. The van der Waals surface area contributed by atoms with E-state index in [0.717, 1.165) is 31.6 Å². The number of likely N-dealkylation sites (tertiary alicyclic amines) is 1. The van der Waals surface area contributed by atoms with E-state index in [4.69, 9.17) is 0 Å². The van der Waals surface area contributed by atoms with Gasteiger partial charge in [0.25, 0.3) is 0 Å². The highest BCUT2D eigenvalue weighted by Gasteiger charge is 2.27. The summed E-state index contributed by atoms with van der Waals surface area (Å²) in [6.45, 7) is 3.16. The van der Waals surface area contributed by atoms with E-state index in [-0.39, 0.29) is 18.4 Å². The number of thioether (sulfide) groups is 1. The Hall–Kier alpha value is -0.710. The van der Waals surface area contributed by atoms with E-state index in [9.17, 15) is 9.59 Å². The summed E-state index contributed by atoms with van der Waals surface area (Å²) in [5.74, 6) is 1.25. The zero-order valence-corrected chi connectivity index (χ0v) is 13.2. The smallest absolute Gasteiger partial charge is 0.239 e. The summed E-state index contributed by atoms with van der Waals surface area (Å²) in [4.78, 5) is 25.6. The third-order valence-electron chi connectivity index (χ3n) is 4.19. The highest BCUT2D eigenvalue weighted by molar-refractivity contribution is 7.99. The van der Waals surface area contributed by atoms with Crippen molar-refractivity contribution in [1.82, 2.24) is 10.2 Å². The lowest BCUT2D eigenvalue weighted by Crippen LogP contribution is -2.49. The lowest BCUT2D eigenvalue weighted by Gasteiger charge is -2.33. The van der Waals surface area contributed by atoms with Crippen LogP contribution in [0.1, 0.15) is 51.9 Å². The van der Waals surface area contributed by atoms with Gasteiger partial charge in [-0.2, -0.15) is 11.8 Å². The van der Waals surface area contributed by atoms with E-state index < -0.39 is 0 Å². The lowest BCUT2D eigenvalue weighted by atomic mass is 9.95. The van der Waals surface area contributed by atoms with Crippen LogP contribution in [-0.2, 0) is 9.59 Å². The van der Waals surface area contributed by atoms with Crippen LogP contribution in [0.15, 0.2) is 0 Å². The number of amides is 2. The first kappa shape index (κ1) is 15.7. The van der Waals surface area contributed by atoms with Crippen molar-refractivity contribution in [3.8, 4) is 0 Å². The third kappa shape index (κ3) is 4.40. The maximum absolute atomic E-state index is 12.2. The van der Waals surface area contributed by atoms with Crippen LogP contribution in [0, 0.1) is 0 Å². The van der Waals surface area contributed by atoms with Gasteiger partial charge in [-0.1, -0.05) is 19.8 Å². The quantitative estimate of drug-likeness (QED) is 0.846. The molecule has 0 radical (unpaired) electrons. The topological polar surface area (TPSA) is 49.4 Å². The van der Waals surface area contributed by atoms with Gasteiger partial charge in [0, 0.05) is 24.3 Å². The maximum atomic E-state index is 12.2. The molecule has 1 saturated carbocycles. The number of hydrogen-bond acceptors (Lipinski definition) is 3. The molecule has 0 aromatic rings. The molecule has 0 aromatic carbocycles. The molecule has 114 valence electrons. The molecule has 2 rings (SSSR count). The van der Waals surface area contributed by atoms with Crippen LogP contribution in [0.3, 0.4) is 0 Å². The summed E-state index contributed by atoms with van der Waals surface area (Å²) in [7, 11) is 0. The van der Waals surface area contributed by atoms with Gasteiger partial charge < -0.3 is 10.2 Å². The Morgan fingerprint density at radius 1 is 1.30 bits per heavy atom. The van der Waals surface area contributed by atoms with E-state index >= 15 is 0 Å². The van der Waals surface area contributed by atoms with Gasteiger partial charge >= 0.3 is 0 Å². The molecule has 1 heterocycles. The molecule has 1 saturated heterocycles. The molecule has 1 aliphatic carbocycles. The Bertz CT molecular complexity index is 347. The molecule has 2 atom stereocenters. The van der Waals surface area contributed by atoms with Gasteiger partial charge in [-0.3, -0.25) is 9.59 Å². The van der Waals surface area contributed by atoms with E-state index in [2.05, 4.69) is 12.2 Å². The van der Waals surface area contributed by atoms with Crippen LogP contribution in [-0.4, -0.2) is 46.8 Å². The minimum atomic E-state index is 0.0221. The van der Waals surface area contributed by atoms with E-state index in [1.54, 1.807) is 4.90 Å². The standard InChI is InChI=1S/C15H26N2O2S/c1-2-20-13-8-4-3-7-12(13)16-14(18)11-17-10-6-5-9-15(17)19/h12-13H,2-11H2,1H3,(H,16,18)/t12-,13-/m1/s1. The highest BCUT2D eigenvalue weighted by Crippen LogP contribution is 2.28. The number of rotatable bonds is 5. The molecule has 1 N–H and O–H groups in total. The van der Waals surface area contributed by atoms with Crippen molar-refractivity contribution in [3.63, 3.8) is 0 Å². The van der Waals surface area contributed by atoms with Crippen molar-refractivity contribution in [2.75, 3.05) is 18.8 Å². The Balaban J connectivity index is 1.81. The molecule has 2 aliphatic rings. The largest absolute Gasteiger partial charge is 0.351 e. The van der Waals surface area contributed by atoms with Crippen LogP contribution in [0.2, 0.25) is 0 Å². The Labute approximate surface area is 126 Å². The summed E-state index contributed by atoms with van der Waals surface area (Å²) in [6.07, 6.45) is 7.35. The molecule has 0 aromatic heterocycles. The molecule has 5 heteroatoms. The summed E-state index contributed by atoms with van der Waals surface area (Å²) in [6, 6.07) is 0.293. The second-order valence-corrected chi connectivity index (χ2v) is 7.24. The van der Waals surface area contributed by atoms with Gasteiger partial charge in [-0.25, -0.2) is 0 Å². The minimum Gasteiger partial charge on any atom is -0.351 e.